The van der Waals surface area contributed by atoms with Crippen molar-refractivity contribution in [3.63, 3.8) is 0 Å². The van der Waals surface area contributed by atoms with Crippen molar-refractivity contribution in [3.05, 3.63) is 29.3 Å². The average molecular weight is 220 g/mol. The zero-order chi connectivity index (χ0) is 11.3. The SMILES string of the molecule is Oc1cccc2c1C(F)(C(F)(F)F)CC2. The molecule has 0 aliphatic heterocycles. The van der Waals surface area contributed by atoms with Gasteiger partial charge >= 0.3 is 6.18 Å². The summed E-state index contributed by atoms with van der Waals surface area (Å²) in [5, 5.41) is 9.29. The molecule has 1 atom stereocenters. The lowest BCUT2D eigenvalue weighted by molar-refractivity contribution is -0.235. The van der Waals surface area contributed by atoms with Crippen LogP contribution in [0.5, 0.6) is 5.75 Å². The maximum Gasteiger partial charge on any atom is 0.426 e. The average Bonchev–Trinajstić information content (AvgIpc) is 2.45. The second-order valence-electron chi connectivity index (χ2n) is 3.61. The standard InChI is InChI=1S/C10H8F4O/c11-9(10(12,13)14)5-4-6-2-1-3-7(15)8(6)9/h1-3,15H,4-5H2. The van der Waals surface area contributed by atoms with Gasteiger partial charge in [0, 0.05) is 5.56 Å². The smallest absolute Gasteiger partial charge is 0.426 e. The van der Waals surface area contributed by atoms with Crippen molar-refractivity contribution in [1.82, 2.24) is 0 Å². The maximum absolute atomic E-state index is 13.8. The summed E-state index contributed by atoms with van der Waals surface area (Å²) in [6.45, 7) is 0. The van der Waals surface area contributed by atoms with Crippen molar-refractivity contribution in [2.24, 2.45) is 0 Å². The van der Waals surface area contributed by atoms with Crippen LogP contribution >= 0.6 is 0 Å². The second-order valence-corrected chi connectivity index (χ2v) is 3.61. The quantitative estimate of drug-likeness (QED) is 0.666. The predicted octanol–water partition coefficient (Wildman–Crippen LogP) is 3.07. The van der Waals surface area contributed by atoms with Crippen LogP contribution in [0.4, 0.5) is 17.6 Å². The number of alkyl halides is 4. The fourth-order valence-corrected chi connectivity index (χ4v) is 1.97. The van der Waals surface area contributed by atoms with Crippen molar-refractivity contribution in [3.8, 4) is 5.75 Å². The van der Waals surface area contributed by atoms with Gasteiger partial charge in [-0.15, -0.1) is 0 Å². The number of fused-ring (bicyclic) bond motifs is 1. The highest BCUT2D eigenvalue weighted by molar-refractivity contribution is 5.47. The number of benzene rings is 1. The molecule has 1 N–H and O–H groups in total. The molecule has 1 unspecified atom stereocenters. The highest BCUT2D eigenvalue weighted by atomic mass is 19.4. The summed E-state index contributed by atoms with van der Waals surface area (Å²) in [7, 11) is 0. The first-order valence-corrected chi connectivity index (χ1v) is 4.43. The molecule has 15 heavy (non-hydrogen) atoms. The van der Waals surface area contributed by atoms with Gasteiger partial charge in [-0.2, -0.15) is 13.2 Å². The minimum atomic E-state index is -4.98. The van der Waals surface area contributed by atoms with Gasteiger partial charge in [0.05, 0.1) is 0 Å². The van der Waals surface area contributed by atoms with E-state index in [0.29, 0.717) is 0 Å². The number of aryl methyl sites for hydroxylation is 1. The lowest BCUT2D eigenvalue weighted by Gasteiger charge is -2.24. The van der Waals surface area contributed by atoms with Gasteiger partial charge in [0.1, 0.15) is 5.75 Å². The van der Waals surface area contributed by atoms with Crippen LogP contribution < -0.4 is 0 Å². The Kier molecular flexibility index (Phi) is 1.96. The third-order valence-corrected chi connectivity index (χ3v) is 2.71. The van der Waals surface area contributed by atoms with Gasteiger partial charge in [0.15, 0.2) is 0 Å². The topological polar surface area (TPSA) is 20.2 Å². The Morgan fingerprint density at radius 2 is 1.93 bits per heavy atom. The molecule has 1 aromatic carbocycles. The molecule has 5 heteroatoms. The number of phenolic OH excluding ortho intramolecular Hbond substituents is 1. The molecule has 0 spiro atoms. The summed E-state index contributed by atoms with van der Waals surface area (Å²) in [4.78, 5) is 0. The van der Waals surface area contributed by atoms with E-state index in [0.717, 1.165) is 6.07 Å². The van der Waals surface area contributed by atoms with Crippen molar-refractivity contribution >= 4 is 0 Å². The van der Waals surface area contributed by atoms with Crippen LogP contribution in [0.1, 0.15) is 17.5 Å². The van der Waals surface area contributed by atoms with E-state index >= 15 is 0 Å². The summed E-state index contributed by atoms with van der Waals surface area (Å²) in [5.41, 5.74) is -3.78. The fraction of sp³-hybridized carbons (Fsp3) is 0.400. The highest BCUT2D eigenvalue weighted by Gasteiger charge is 2.61. The van der Waals surface area contributed by atoms with Crippen LogP contribution in [-0.4, -0.2) is 11.3 Å². The van der Waals surface area contributed by atoms with E-state index in [9.17, 15) is 22.7 Å². The van der Waals surface area contributed by atoms with Gasteiger partial charge in [-0.3, -0.25) is 0 Å². The molecular weight excluding hydrogens is 212 g/mol. The van der Waals surface area contributed by atoms with Crippen LogP contribution in [0.2, 0.25) is 0 Å². The van der Waals surface area contributed by atoms with Gasteiger partial charge in [0.2, 0.25) is 5.67 Å². The van der Waals surface area contributed by atoms with Crippen LogP contribution in [0.3, 0.4) is 0 Å². The van der Waals surface area contributed by atoms with Crippen molar-refractivity contribution in [1.29, 1.82) is 0 Å². The largest absolute Gasteiger partial charge is 0.508 e. The number of rotatable bonds is 0. The summed E-state index contributed by atoms with van der Waals surface area (Å²) in [6, 6.07) is 3.89. The molecule has 1 aliphatic rings. The predicted molar refractivity (Wildman–Crippen MR) is 45.3 cm³/mol. The van der Waals surface area contributed by atoms with E-state index in [4.69, 9.17) is 0 Å². The molecule has 0 bridgehead atoms. The highest BCUT2D eigenvalue weighted by Crippen LogP contribution is 2.53. The number of hydrogen-bond donors (Lipinski definition) is 1. The number of halogens is 4. The molecular formula is C10H8F4O. The third-order valence-electron chi connectivity index (χ3n) is 2.71. The Balaban J connectivity index is 2.62. The monoisotopic (exact) mass is 220 g/mol. The minimum Gasteiger partial charge on any atom is -0.508 e. The Labute approximate surface area is 83.3 Å². The summed E-state index contributed by atoms with van der Waals surface area (Å²) < 4.78 is 51.3. The van der Waals surface area contributed by atoms with Crippen molar-refractivity contribution in [2.75, 3.05) is 0 Å². The molecule has 1 aromatic rings. The van der Waals surface area contributed by atoms with E-state index in [1.165, 1.54) is 12.1 Å². The zero-order valence-corrected chi connectivity index (χ0v) is 7.61. The zero-order valence-electron chi connectivity index (χ0n) is 7.61. The molecule has 2 rings (SSSR count). The fourth-order valence-electron chi connectivity index (χ4n) is 1.97. The number of hydrogen-bond acceptors (Lipinski definition) is 1. The van der Waals surface area contributed by atoms with Gasteiger partial charge in [-0.1, -0.05) is 12.1 Å². The molecule has 0 heterocycles. The minimum absolute atomic E-state index is 0.000255. The Hall–Kier alpha value is -1.26. The van der Waals surface area contributed by atoms with Gasteiger partial charge < -0.3 is 5.11 Å². The molecule has 0 saturated carbocycles. The van der Waals surface area contributed by atoms with Crippen molar-refractivity contribution < 1.29 is 22.7 Å². The first kappa shape index (κ1) is 10.3. The van der Waals surface area contributed by atoms with Crippen LogP contribution in [0, 0.1) is 0 Å². The summed E-state index contributed by atoms with van der Waals surface area (Å²) >= 11 is 0. The first-order valence-electron chi connectivity index (χ1n) is 4.43. The Morgan fingerprint density at radius 3 is 2.53 bits per heavy atom. The first-order chi connectivity index (χ1) is 6.86. The van der Waals surface area contributed by atoms with Crippen LogP contribution in [-0.2, 0) is 12.1 Å². The van der Waals surface area contributed by atoms with Gasteiger partial charge in [-0.25, -0.2) is 4.39 Å². The van der Waals surface area contributed by atoms with Gasteiger partial charge in [-0.05, 0) is 24.5 Å². The maximum atomic E-state index is 13.8. The summed E-state index contributed by atoms with van der Waals surface area (Å²) in [5.74, 6) is -0.621. The van der Waals surface area contributed by atoms with E-state index in [1.807, 2.05) is 0 Å². The molecule has 0 fully saturated rings. The number of phenols is 1. The number of aromatic hydroxyl groups is 1. The second kappa shape index (κ2) is 2.87. The summed E-state index contributed by atoms with van der Waals surface area (Å²) in [6.07, 6.45) is -5.62. The normalized spacial score (nSPS) is 25.3. The molecule has 1 nitrogen and oxygen atoms in total. The van der Waals surface area contributed by atoms with E-state index in [1.54, 1.807) is 0 Å². The Morgan fingerprint density at radius 1 is 1.27 bits per heavy atom. The van der Waals surface area contributed by atoms with E-state index in [2.05, 4.69) is 0 Å². The molecule has 0 radical (unpaired) electrons. The molecule has 82 valence electrons. The molecule has 0 saturated heterocycles. The van der Waals surface area contributed by atoms with E-state index < -0.39 is 29.6 Å². The lowest BCUT2D eigenvalue weighted by Crippen LogP contribution is -2.35. The van der Waals surface area contributed by atoms with Crippen molar-refractivity contribution in [2.45, 2.75) is 24.7 Å². The molecule has 0 aromatic heterocycles. The van der Waals surface area contributed by atoms with Gasteiger partial charge in [0.25, 0.3) is 0 Å². The van der Waals surface area contributed by atoms with Crippen LogP contribution in [0.15, 0.2) is 18.2 Å². The third kappa shape index (κ3) is 1.29. The molecule has 0 amide bonds. The molecule has 1 aliphatic carbocycles. The Bertz CT molecular complexity index is 399. The van der Waals surface area contributed by atoms with Crippen LogP contribution in [0.25, 0.3) is 0 Å². The lowest BCUT2D eigenvalue weighted by atomic mass is 9.96. The van der Waals surface area contributed by atoms with E-state index in [-0.39, 0.29) is 12.0 Å².